The van der Waals surface area contributed by atoms with Gasteiger partial charge in [-0.25, -0.2) is 0 Å². The quantitative estimate of drug-likeness (QED) is 0.889. The van der Waals surface area contributed by atoms with E-state index in [-0.39, 0.29) is 18.4 Å². The number of ether oxygens (including phenoxy) is 2. The maximum atomic E-state index is 11.7. The van der Waals surface area contributed by atoms with Crippen LogP contribution in [0.15, 0.2) is 36.4 Å². The van der Waals surface area contributed by atoms with E-state index in [4.69, 9.17) is 9.47 Å². The predicted octanol–water partition coefficient (Wildman–Crippen LogP) is 3.08. The van der Waals surface area contributed by atoms with Crippen LogP contribution in [0.3, 0.4) is 0 Å². The van der Waals surface area contributed by atoms with Gasteiger partial charge < -0.3 is 24.7 Å². The smallest absolute Gasteiger partial charge is 0.231 e. The minimum Gasteiger partial charge on any atom is -0.545 e. The van der Waals surface area contributed by atoms with Gasteiger partial charge in [-0.05, 0) is 66.2 Å². The van der Waals surface area contributed by atoms with E-state index in [1.54, 1.807) is 6.07 Å². The third kappa shape index (κ3) is 2.08. The molecule has 2 aromatic rings. The number of para-hydroxylation sites is 1. The summed E-state index contributed by atoms with van der Waals surface area (Å²) >= 11 is 0. The normalized spacial score (nSPS) is 31.9. The first-order valence-electron chi connectivity index (χ1n) is 9.71. The molecule has 138 valence electrons. The van der Waals surface area contributed by atoms with Gasteiger partial charge in [-0.3, -0.25) is 0 Å². The van der Waals surface area contributed by atoms with Crippen molar-refractivity contribution in [3.05, 3.63) is 53.1 Å². The zero-order valence-electron chi connectivity index (χ0n) is 14.8. The molecule has 2 aliphatic carbocycles. The van der Waals surface area contributed by atoms with E-state index in [0.717, 1.165) is 28.3 Å². The number of rotatable bonds is 2. The molecular formula is C22H20NO4-. The Morgan fingerprint density at radius 2 is 1.93 bits per heavy atom. The Kier molecular flexibility index (Phi) is 3.08. The highest BCUT2D eigenvalue weighted by Crippen LogP contribution is 2.64. The Balaban J connectivity index is 1.51. The molecule has 2 bridgehead atoms. The second kappa shape index (κ2) is 5.41. The van der Waals surface area contributed by atoms with Crippen molar-refractivity contribution in [1.29, 1.82) is 0 Å². The van der Waals surface area contributed by atoms with Crippen LogP contribution in [0.1, 0.15) is 52.7 Å². The van der Waals surface area contributed by atoms with Gasteiger partial charge in [-0.15, -0.1) is 0 Å². The summed E-state index contributed by atoms with van der Waals surface area (Å²) < 4.78 is 11.0. The fourth-order valence-electron chi connectivity index (χ4n) is 6.12. The first-order chi connectivity index (χ1) is 13.2. The molecule has 4 aliphatic rings. The van der Waals surface area contributed by atoms with Gasteiger partial charge in [0.1, 0.15) is 0 Å². The molecule has 0 saturated heterocycles. The van der Waals surface area contributed by atoms with Gasteiger partial charge in [-0.2, -0.15) is 0 Å². The van der Waals surface area contributed by atoms with Crippen molar-refractivity contribution < 1.29 is 19.4 Å². The minimum atomic E-state index is -1.12. The number of aromatic carboxylic acids is 1. The van der Waals surface area contributed by atoms with Crippen LogP contribution in [0.25, 0.3) is 0 Å². The van der Waals surface area contributed by atoms with Gasteiger partial charge in [0.25, 0.3) is 0 Å². The molecule has 0 aromatic heterocycles. The van der Waals surface area contributed by atoms with Gasteiger partial charge in [0.15, 0.2) is 11.5 Å². The molecule has 2 heterocycles. The van der Waals surface area contributed by atoms with Crippen molar-refractivity contribution in [2.24, 2.45) is 17.8 Å². The molecule has 2 saturated carbocycles. The number of nitrogens with one attached hydrogen (secondary N) is 1. The Bertz CT molecular complexity index is 955. The summed E-state index contributed by atoms with van der Waals surface area (Å²) in [4.78, 5) is 11.7. The van der Waals surface area contributed by atoms with Crippen LogP contribution >= 0.6 is 0 Å². The second-order valence-corrected chi connectivity index (χ2v) is 8.23. The lowest BCUT2D eigenvalue weighted by atomic mass is 9.67. The Morgan fingerprint density at radius 3 is 2.81 bits per heavy atom. The Labute approximate surface area is 157 Å². The monoisotopic (exact) mass is 362 g/mol. The third-order valence-electron chi connectivity index (χ3n) is 7.10. The summed E-state index contributed by atoms with van der Waals surface area (Å²) in [5.74, 6) is 2.65. The van der Waals surface area contributed by atoms with Crippen LogP contribution in [-0.4, -0.2) is 12.8 Å². The second-order valence-electron chi connectivity index (χ2n) is 8.23. The fourth-order valence-corrected chi connectivity index (χ4v) is 6.12. The first-order valence-corrected chi connectivity index (χ1v) is 9.71. The summed E-state index contributed by atoms with van der Waals surface area (Å²) in [6.07, 6.45) is 3.76. The molecular weight excluding hydrogens is 342 g/mol. The van der Waals surface area contributed by atoms with Crippen LogP contribution in [0.5, 0.6) is 11.5 Å². The molecule has 0 spiro atoms. The van der Waals surface area contributed by atoms with Gasteiger partial charge in [0, 0.05) is 11.3 Å². The number of hydrogen-bond donors (Lipinski definition) is 1. The highest BCUT2D eigenvalue weighted by molar-refractivity contribution is 5.94. The largest absolute Gasteiger partial charge is 0.545 e. The van der Waals surface area contributed by atoms with Gasteiger partial charge >= 0.3 is 0 Å². The predicted molar refractivity (Wildman–Crippen MR) is 96.8 cm³/mol. The number of hydrogen-bond acceptors (Lipinski definition) is 5. The lowest BCUT2D eigenvalue weighted by Gasteiger charge is -2.44. The average molecular weight is 362 g/mol. The standard InChI is InChI=1S/C22H21NO4/c24-22(25)15-3-1-2-14-18-11-4-5-12(8-11)19(18)20(23-21(14)15)13-6-7-16-17(9-13)27-10-26-16/h1-3,6-7,9,11-12,18-20,23H,4-5,8,10H2,(H,24,25)/p-1/t11-,12-,18+,19+,20+/m1/s1. The number of carbonyl (C=O) groups excluding carboxylic acids is 1. The maximum absolute atomic E-state index is 11.7. The first kappa shape index (κ1) is 15.4. The summed E-state index contributed by atoms with van der Waals surface area (Å²) in [5, 5.41) is 15.3. The minimum absolute atomic E-state index is 0.0767. The third-order valence-corrected chi connectivity index (χ3v) is 7.10. The van der Waals surface area contributed by atoms with Crippen LogP contribution in [0.2, 0.25) is 0 Å². The lowest BCUT2D eigenvalue weighted by Crippen LogP contribution is -2.37. The number of fused-ring (bicyclic) bond motifs is 8. The summed E-state index contributed by atoms with van der Waals surface area (Å²) in [6.45, 7) is 0.255. The Hall–Kier alpha value is -2.69. The molecule has 6 rings (SSSR count). The highest BCUT2D eigenvalue weighted by Gasteiger charge is 2.54. The zero-order valence-corrected chi connectivity index (χ0v) is 14.8. The molecule has 5 atom stereocenters. The summed E-state index contributed by atoms with van der Waals surface area (Å²) in [7, 11) is 0. The van der Waals surface area contributed by atoms with Gasteiger partial charge in [0.2, 0.25) is 6.79 Å². The van der Waals surface area contributed by atoms with Gasteiger partial charge in [0.05, 0.1) is 12.0 Å². The number of carboxylic acids is 1. The van der Waals surface area contributed by atoms with E-state index < -0.39 is 5.97 Å². The van der Waals surface area contributed by atoms with Crippen LogP contribution in [-0.2, 0) is 0 Å². The molecule has 1 N–H and O–H groups in total. The molecule has 27 heavy (non-hydrogen) atoms. The fraction of sp³-hybridized carbons (Fsp3) is 0.409. The van der Waals surface area contributed by atoms with E-state index in [0.29, 0.717) is 23.7 Å². The van der Waals surface area contributed by atoms with E-state index in [1.807, 2.05) is 12.1 Å². The number of anilines is 1. The molecule has 5 nitrogen and oxygen atoms in total. The van der Waals surface area contributed by atoms with Crippen molar-refractivity contribution in [3.8, 4) is 11.5 Å². The number of carboxylic acid groups (broad SMARTS) is 1. The van der Waals surface area contributed by atoms with Crippen molar-refractivity contribution in [2.75, 3.05) is 12.1 Å². The summed E-state index contributed by atoms with van der Waals surface area (Å²) in [5.41, 5.74) is 3.31. The van der Waals surface area contributed by atoms with E-state index in [2.05, 4.69) is 23.5 Å². The molecule has 2 fully saturated rings. The zero-order chi connectivity index (χ0) is 18.1. The van der Waals surface area contributed by atoms with Crippen molar-refractivity contribution >= 4 is 11.7 Å². The molecule has 2 aliphatic heterocycles. The van der Waals surface area contributed by atoms with E-state index >= 15 is 0 Å². The van der Waals surface area contributed by atoms with Crippen LogP contribution in [0.4, 0.5) is 5.69 Å². The topological polar surface area (TPSA) is 70.6 Å². The van der Waals surface area contributed by atoms with Crippen molar-refractivity contribution in [2.45, 2.75) is 31.2 Å². The van der Waals surface area contributed by atoms with Crippen molar-refractivity contribution in [3.63, 3.8) is 0 Å². The van der Waals surface area contributed by atoms with E-state index in [9.17, 15) is 9.90 Å². The molecule has 0 amide bonds. The molecule has 0 radical (unpaired) electrons. The molecule has 5 heteroatoms. The molecule has 2 aromatic carbocycles. The SMILES string of the molecule is O=C([O-])c1cccc2c1N[C@@H](c1ccc3c(c1)OCO3)[C@H]1[C@@H]3CC[C@H](C3)[C@@H]21. The Morgan fingerprint density at radius 1 is 1.07 bits per heavy atom. The number of benzene rings is 2. The van der Waals surface area contributed by atoms with Crippen LogP contribution < -0.4 is 19.9 Å². The highest BCUT2D eigenvalue weighted by atomic mass is 16.7. The lowest BCUT2D eigenvalue weighted by molar-refractivity contribution is -0.254. The number of carbonyl (C=O) groups is 1. The summed E-state index contributed by atoms with van der Waals surface area (Å²) in [6, 6.07) is 11.8. The van der Waals surface area contributed by atoms with E-state index in [1.165, 1.54) is 19.3 Å². The van der Waals surface area contributed by atoms with Gasteiger partial charge in [-0.1, -0.05) is 24.3 Å². The average Bonchev–Trinajstić information content (AvgIpc) is 3.42. The maximum Gasteiger partial charge on any atom is 0.231 e. The van der Waals surface area contributed by atoms with Crippen molar-refractivity contribution in [1.82, 2.24) is 0 Å². The molecule has 0 unspecified atom stereocenters. The van der Waals surface area contributed by atoms with Crippen LogP contribution in [0, 0.1) is 17.8 Å².